The molecule has 0 amide bonds. The molecular formula is C16H27NNbSi2+2. The number of hydrogen-bond donors (Lipinski definition) is 0. The Hall–Kier alpha value is 1.13. The Bertz CT molecular complexity index is 148. The zero-order valence-electron chi connectivity index (χ0n) is 13.4. The summed E-state index contributed by atoms with van der Waals surface area (Å²) in [5, 5.41) is 0. The van der Waals surface area contributed by atoms with Crippen LogP contribution in [-0.2, 0) is 22.4 Å². The van der Waals surface area contributed by atoms with E-state index in [0.29, 0.717) is 0 Å². The van der Waals surface area contributed by atoms with Crippen molar-refractivity contribution in [3.63, 3.8) is 0 Å². The van der Waals surface area contributed by atoms with Crippen LogP contribution in [0.2, 0.25) is 26.2 Å². The topological polar surface area (TPSA) is 3.24 Å². The summed E-state index contributed by atoms with van der Waals surface area (Å²) < 4.78 is 2.66. The quantitative estimate of drug-likeness (QED) is 0.670. The van der Waals surface area contributed by atoms with Gasteiger partial charge >= 0.3 is 22.4 Å². The molecule has 0 bridgehead atoms. The van der Waals surface area contributed by atoms with E-state index in [0.717, 1.165) is 0 Å². The van der Waals surface area contributed by atoms with Crippen molar-refractivity contribution < 1.29 is 22.4 Å². The van der Waals surface area contributed by atoms with Crippen molar-refractivity contribution in [2.45, 2.75) is 33.1 Å². The third kappa shape index (κ3) is 14.1. The Labute approximate surface area is 148 Å². The minimum atomic E-state index is -0.145. The molecule has 2 aliphatic rings. The van der Waals surface area contributed by atoms with Gasteiger partial charge in [-0.2, -0.15) is 0 Å². The number of rotatable bonds is 3. The van der Waals surface area contributed by atoms with Gasteiger partial charge in [-0.05, 0) is 70.8 Å². The predicted molar refractivity (Wildman–Crippen MR) is 90.3 cm³/mol. The van der Waals surface area contributed by atoms with E-state index in [-0.39, 0.29) is 40.3 Å². The largest absolute Gasteiger partial charge is 2.00 e. The molecule has 0 atom stereocenters. The van der Waals surface area contributed by atoms with Crippen molar-refractivity contribution in [2.75, 3.05) is 6.54 Å². The van der Waals surface area contributed by atoms with Gasteiger partial charge < -0.3 is 4.23 Å². The average Bonchev–Trinajstić information content (AvgIpc) is 3.09. The van der Waals surface area contributed by atoms with Crippen LogP contribution in [0.25, 0.3) is 0 Å². The third-order valence-electron chi connectivity index (χ3n) is 2.51. The van der Waals surface area contributed by atoms with Crippen molar-refractivity contribution in [2.24, 2.45) is 0 Å². The first kappa shape index (κ1) is 23.4. The van der Waals surface area contributed by atoms with E-state index in [1.807, 2.05) is 64.2 Å². The van der Waals surface area contributed by atoms with Crippen molar-refractivity contribution in [1.29, 1.82) is 0 Å². The molecule has 0 aliphatic heterocycles. The zero-order valence-corrected chi connectivity index (χ0v) is 17.6. The maximum absolute atomic E-state index is 2.66. The van der Waals surface area contributed by atoms with Crippen molar-refractivity contribution in [1.82, 2.24) is 4.23 Å². The van der Waals surface area contributed by atoms with Gasteiger partial charge in [-0.3, -0.25) is 0 Å². The van der Waals surface area contributed by atoms with Crippen molar-refractivity contribution >= 4 is 17.9 Å². The summed E-state index contributed by atoms with van der Waals surface area (Å²) in [7, 11) is -0.290. The van der Waals surface area contributed by atoms with E-state index in [1.165, 1.54) is 6.54 Å². The average molecular weight is 382 g/mol. The van der Waals surface area contributed by atoms with Gasteiger partial charge in [0.1, 0.15) is 17.9 Å². The van der Waals surface area contributed by atoms with Gasteiger partial charge in [0.2, 0.25) is 0 Å². The first-order valence-corrected chi connectivity index (χ1v) is 11.7. The Balaban J connectivity index is 0. The van der Waals surface area contributed by atoms with Crippen LogP contribution in [0.15, 0.2) is 0 Å². The Morgan fingerprint density at radius 2 is 0.800 bits per heavy atom. The predicted octanol–water partition coefficient (Wildman–Crippen LogP) is 3.85. The Morgan fingerprint density at radius 1 is 0.600 bits per heavy atom. The molecule has 4 heteroatoms. The summed E-state index contributed by atoms with van der Waals surface area (Å²) >= 11 is 0. The molecule has 0 N–H and O–H groups in total. The van der Waals surface area contributed by atoms with Crippen LogP contribution < -0.4 is 0 Å². The van der Waals surface area contributed by atoms with Crippen molar-refractivity contribution in [3.8, 4) is 0 Å². The van der Waals surface area contributed by atoms with E-state index in [4.69, 9.17) is 0 Å². The van der Waals surface area contributed by atoms with Crippen LogP contribution in [0, 0.1) is 64.2 Å². The summed E-state index contributed by atoms with van der Waals surface area (Å²) in [5.74, 6) is 0. The SMILES string of the molecule is CCN([Si](C)C)[Si](C)C.[CH]1[CH][CH][CH][CH]1.[CH]1[CH][CH][CH][CH]1.[Nb+2]. The smallest absolute Gasteiger partial charge is 0.348 e. The summed E-state index contributed by atoms with van der Waals surface area (Å²) in [4.78, 5) is 0. The number of hydrogen-bond acceptors (Lipinski definition) is 1. The molecular weight excluding hydrogens is 355 g/mol. The van der Waals surface area contributed by atoms with Gasteiger partial charge in [0, 0.05) is 0 Å². The van der Waals surface area contributed by atoms with Gasteiger partial charge in [0.05, 0.1) is 0 Å². The molecule has 0 saturated heterocycles. The molecule has 13 radical (unpaired) electrons. The molecule has 0 aromatic heterocycles. The maximum atomic E-state index is 2.66. The molecule has 0 aromatic carbocycles. The Kier molecular flexibility index (Phi) is 19.3. The van der Waals surface area contributed by atoms with Gasteiger partial charge in [0.25, 0.3) is 0 Å². The van der Waals surface area contributed by atoms with Crippen LogP contribution >= 0.6 is 0 Å². The summed E-state index contributed by atoms with van der Waals surface area (Å²) in [6.45, 7) is 13.0. The van der Waals surface area contributed by atoms with Gasteiger partial charge in [0.15, 0.2) is 0 Å². The van der Waals surface area contributed by atoms with Gasteiger partial charge in [-0.1, -0.05) is 33.1 Å². The molecule has 107 valence electrons. The summed E-state index contributed by atoms with van der Waals surface area (Å²) in [6.07, 6.45) is 20.0. The van der Waals surface area contributed by atoms with Crippen molar-refractivity contribution in [3.05, 3.63) is 64.2 Å². The van der Waals surface area contributed by atoms with E-state index < -0.39 is 0 Å². The molecule has 2 rings (SSSR count). The molecule has 0 spiro atoms. The monoisotopic (exact) mass is 382 g/mol. The van der Waals surface area contributed by atoms with Gasteiger partial charge in [-0.25, -0.2) is 0 Å². The minimum absolute atomic E-state index is 0. The van der Waals surface area contributed by atoms with E-state index >= 15 is 0 Å². The zero-order chi connectivity index (χ0) is 14.5. The van der Waals surface area contributed by atoms with E-state index in [9.17, 15) is 0 Å². The second-order valence-corrected chi connectivity index (χ2v) is 9.88. The normalized spacial score (nSPS) is 17.4. The van der Waals surface area contributed by atoms with Crippen LogP contribution in [0.4, 0.5) is 0 Å². The molecule has 2 saturated carbocycles. The standard InChI is InChI=1S/C6H17NSi2.2C5H5.Nb/c1-6-7(8(2)3)9(4)5;2*1-2-4-5-3-1;/h6H2,1-5H3;2*1-5H;/q;;;+2. The summed E-state index contributed by atoms with van der Waals surface area (Å²) in [5.41, 5.74) is 0. The Morgan fingerprint density at radius 3 is 0.850 bits per heavy atom. The minimum Gasteiger partial charge on any atom is -0.348 e. The molecule has 2 aliphatic carbocycles. The fourth-order valence-electron chi connectivity index (χ4n) is 1.72. The van der Waals surface area contributed by atoms with E-state index in [2.05, 4.69) is 37.3 Å². The molecule has 0 unspecified atom stereocenters. The molecule has 1 nitrogen and oxygen atoms in total. The fraction of sp³-hybridized carbons (Fsp3) is 0.375. The number of nitrogens with zero attached hydrogens (tertiary/aromatic N) is 1. The molecule has 0 heterocycles. The van der Waals surface area contributed by atoms with Gasteiger partial charge in [-0.15, -0.1) is 0 Å². The summed E-state index contributed by atoms with van der Waals surface area (Å²) in [6, 6.07) is 0. The third-order valence-corrected chi connectivity index (χ3v) is 7.98. The van der Waals surface area contributed by atoms with Crippen LogP contribution in [-0.4, -0.2) is 28.7 Å². The van der Waals surface area contributed by atoms with Crippen LogP contribution in [0.5, 0.6) is 0 Å². The second kappa shape index (κ2) is 16.5. The molecule has 2 fully saturated rings. The maximum Gasteiger partial charge on any atom is 2.00 e. The first-order valence-electron chi connectivity index (χ1n) is 6.80. The fourth-order valence-corrected chi connectivity index (χ4v) is 6.56. The molecule has 20 heavy (non-hydrogen) atoms. The van der Waals surface area contributed by atoms with E-state index in [1.54, 1.807) is 0 Å². The van der Waals surface area contributed by atoms with Crippen LogP contribution in [0.3, 0.4) is 0 Å². The second-order valence-electron chi connectivity index (χ2n) is 4.56. The molecule has 0 aromatic rings. The van der Waals surface area contributed by atoms with Crippen LogP contribution in [0.1, 0.15) is 6.92 Å². The first-order chi connectivity index (χ1) is 9.09.